The Kier molecular flexibility index (Phi) is 5.03. The van der Waals surface area contributed by atoms with Crippen molar-refractivity contribution in [3.05, 3.63) is 119 Å². The number of aliphatic imine (C=N–C) groups is 4. The summed E-state index contributed by atoms with van der Waals surface area (Å²) in [5.74, 6) is 0. The number of anilines is 1. The molecule has 32 heavy (non-hydrogen) atoms. The summed E-state index contributed by atoms with van der Waals surface area (Å²) in [6.07, 6.45) is 22.0. The lowest BCUT2D eigenvalue weighted by molar-refractivity contribution is 1.41. The van der Waals surface area contributed by atoms with Gasteiger partial charge in [0.1, 0.15) is 0 Å². The summed E-state index contributed by atoms with van der Waals surface area (Å²) in [6, 6.07) is 7.83. The molecule has 0 aromatic heterocycles. The van der Waals surface area contributed by atoms with Gasteiger partial charge >= 0.3 is 0 Å². The molecule has 6 rings (SSSR count). The van der Waals surface area contributed by atoms with Crippen molar-refractivity contribution in [1.29, 1.82) is 0 Å². The average molecular weight is 429 g/mol. The highest BCUT2D eigenvalue weighted by molar-refractivity contribution is 6.19. The van der Waals surface area contributed by atoms with E-state index >= 15 is 0 Å². The van der Waals surface area contributed by atoms with Crippen LogP contribution in [0.2, 0.25) is 0 Å². The van der Waals surface area contributed by atoms with Crippen LogP contribution in [0, 0.1) is 0 Å². The zero-order valence-electron chi connectivity index (χ0n) is 16.5. The average Bonchev–Trinajstić information content (AvgIpc) is 3.54. The SMILES string of the molecule is Nc1ccc(C2=CC3=NC2=CC2=NC(=CC4=NC(=CC5=NC(=C3)C=C5)C=C4)C=C2)cc1.[AlH3]. The number of allylic oxidation sites excluding steroid dienone is 12. The van der Waals surface area contributed by atoms with Gasteiger partial charge in [-0.15, -0.1) is 0 Å². The third kappa shape index (κ3) is 3.90. The van der Waals surface area contributed by atoms with Gasteiger partial charge in [0.2, 0.25) is 0 Å². The molecule has 0 aliphatic carbocycles. The molecule has 6 heteroatoms. The first-order chi connectivity index (χ1) is 15.2. The van der Waals surface area contributed by atoms with E-state index in [1.165, 1.54) is 0 Å². The van der Waals surface area contributed by atoms with Crippen LogP contribution in [0.15, 0.2) is 134 Å². The number of fused-ring (bicyclic) bond motifs is 4. The molecule has 0 amide bonds. The minimum Gasteiger partial charge on any atom is -0.399 e. The van der Waals surface area contributed by atoms with Gasteiger partial charge in [-0.1, -0.05) is 12.1 Å². The molecule has 5 nitrogen and oxygen atoms in total. The normalized spacial score (nSPS) is 19.8. The highest BCUT2D eigenvalue weighted by Gasteiger charge is 2.18. The Hall–Kier alpha value is -3.85. The van der Waals surface area contributed by atoms with Gasteiger partial charge in [-0.2, -0.15) is 0 Å². The van der Waals surface area contributed by atoms with Crippen molar-refractivity contribution in [2.24, 2.45) is 20.0 Å². The molecule has 0 atom stereocenters. The first kappa shape index (κ1) is 20.1. The number of rotatable bonds is 1. The number of nitrogens with two attached hydrogens (primary N) is 1. The van der Waals surface area contributed by atoms with Crippen molar-refractivity contribution in [1.82, 2.24) is 0 Å². The first-order valence-corrected chi connectivity index (χ1v) is 10.0. The molecule has 152 valence electrons. The van der Waals surface area contributed by atoms with E-state index in [1.54, 1.807) is 0 Å². The Balaban J connectivity index is 0.00000216. The number of nitrogen functional groups attached to an aromatic ring is 1. The summed E-state index contributed by atoms with van der Waals surface area (Å²) < 4.78 is 0. The van der Waals surface area contributed by atoms with E-state index in [0.29, 0.717) is 0 Å². The molecular weight excluding hydrogens is 409 g/mol. The summed E-state index contributed by atoms with van der Waals surface area (Å²) in [4.78, 5) is 18.9. The van der Waals surface area contributed by atoms with Gasteiger partial charge in [-0.25, -0.2) is 20.0 Å². The summed E-state index contributed by atoms with van der Waals surface area (Å²) in [6.45, 7) is 0. The van der Waals surface area contributed by atoms with Crippen LogP contribution < -0.4 is 5.73 Å². The van der Waals surface area contributed by atoms with Crippen LogP contribution in [-0.2, 0) is 0 Å². The molecule has 8 bridgehead atoms. The van der Waals surface area contributed by atoms with Gasteiger partial charge < -0.3 is 5.73 Å². The van der Waals surface area contributed by atoms with E-state index in [-0.39, 0.29) is 17.4 Å². The van der Waals surface area contributed by atoms with E-state index in [4.69, 9.17) is 20.7 Å². The lowest BCUT2D eigenvalue weighted by Crippen LogP contribution is -1.91. The molecule has 1 aromatic carbocycles. The minimum absolute atomic E-state index is 0. The van der Waals surface area contributed by atoms with Crippen molar-refractivity contribution in [3.63, 3.8) is 0 Å². The molecule has 0 fully saturated rings. The van der Waals surface area contributed by atoms with Crippen LogP contribution in [0.25, 0.3) is 5.57 Å². The van der Waals surface area contributed by atoms with Gasteiger partial charge in [-0.05, 0) is 84.5 Å². The highest BCUT2D eigenvalue weighted by Crippen LogP contribution is 2.31. The monoisotopic (exact) mass is 429 g/mol. The van der Waals surface area contributed by atoms with E-state index in [1.807, 2.05) is 85.0 Å². The Morgan fingerprint density at radius 3 is 1.56 bits per heavy atom. The highest BCUT2D eigenvalue weighted by atomic mass is 27.0. The Morgan fingerprint density at radius 2 is 1.00 bits per heavy atom. The quantitative estimate of drug-likeness (QED) is 0.538. The number of benzene rings is 1. The summed E-state index contributed by atoms with van der Waals surface area (Å²) in [7, 11) is 0. The fraction of sp³-hybridized carbons (Fsp3) is 0. The van der Waals surface area contributed by atoms with Crippen molar-refractivity contribution in [2.45, 2.75) is 0 Å². The first-order valence-electron chi connectivity index (χ1n) is 10.0. The molecular formula is C26H20AlN5. The molecule has 2 N–H and O–H groups in total. The molecule has 5 aliphatic heterocycles. The van der Waals surface area contributed by atoms with E-state index in [9.17, 15) is 0 Å². The summed E-state index contributed by atoms with van der Waals surface area (Å²) >= 11 is 0. The largest absolute Gasteiger partial charge is 0.399 e. The second-order valence-corrected chi connectivity index (χ2v) is 7.56. The Bertz CT molecular complexity index is 1400. The maximum atomic E-state index is 5.88. The van der Waals surface area contributed by atoms with Gasteiger partial charge in [0.15, 0.2) is 17.4 Å². The third-order valence-corrected chi connectivity index (χ3v) is 5.26. The Labute approximate surface area is 196 Å². The fourth-order valence-corrected chi connectivity index (χ4v) is 3.79. The maximum absolute atomic E-state index is 5.88. The molecule has 0 saturated heterocycles. The standard InChI is InChI=1S/C26H17N5.Al.3H/c27-17-3-1-16(2-4-17)25-14-24-13-22-8-7-20(29-22)11-18-5-6-19(28-18)12-21-9-10-23(30-21)15-26(25)31-24;;;;/h1-15H,27H2;;;;. The molecule has 0 unspecified atom stereocenters. The minimum atomic E-state index is 0. The molecule has 5 heterocycles. The van der Waals surface area contributed by atoms with Crippen LogP contribution >= 0.6 is 0 Å². The van der Waals surface area contributed by atoms with Crippen LogP contribution in [0.4, 0.5) is 5.69 Å². The fourth-order valence-electron chi connectivity index (χ4n) is 3.79. The van der Waals surface area contributed by atoms with Crippen LogP contribution in [0.5, 0.6) is 0 Å². The second kappa shape index (κ2) is 8.01. The zero-order valence-corrected chi connectivity index (χ0v) is 16.5. The number of nitrogens with zero attached hydrogens (tertiary/aromatic N) is 4. The molecule has 1 aromatic rings. The van der Waals surface area contributed by atoms with E-state index < -0.39 is 0 Å². The lowest BCUT2D eigenvalue weighted by atomic mass is 10.0. The molecule has 0 spiro atoms. The number of hydrogen-bond donors (Lipinski definition) is 1. The summed E-state index contributed by atoms with van der Waals surface area (Å²) in [5, 5.41) is 0. The predicted molar refractivity (Wildman–Crippen MR) is 138 cm³/mol. The molecule has 0 radical (unpaired) electrons. The van der Waals surface area contributed by atoms with E-state index in [2.05, 4.69) is 11.1 Å². The van der Waals surface area contributed by atoms with Crippen LogP contribution in [-0.4, -0.2) is 40.2 Å². The zero-order chi connectivity index (χ0) is 20.8. The van der Waals surface area contributed by atoms with E-state index in [0.717, 1.165) is 62.5 Å². The van der Waals surface area contributed by atoms with Crippen molar-refractivity contribution >= 4 is 51.5 Å². The lowest BCUT2D eigenvalue weighted by Gasteiger charge is -2.04. The van der Waals surface area contributed by atoms with Gasteiger partial charge in [0.25, 0.3) is 0 Å². The van der Waals surface area contributed by atoms with Gasteiger partial charge in [0.05, 0.1) is 45.6 Å². The topological polar surface area (TPSA) is 75.5 Å². The molecule has 0 saturated carbocycles. The van der Waals surface area contributed by atoms with Crippen molar-refractivity contribution < 1.29 is 0 Å². The van der Waals surface area contributed by atoms with Crippen molar-refractivity contribution in [2.75, 3.05) is 5.73 Å². The second-order valence-electron chi connectivity index (χ2n) is 7.56. The maximum Gasteiger partial charge on any atom is 0.187 e. The molecule has 5 aliphatic rings. The smallest absolute Gasteiger partial charge is 0.187 e. The van der Waals surface area contributed by atoms with Crippen LogP contribution in [0.1, 0.15) is 5.56 Å². The third-order valence-electron chi connectivity index (χ3n) is 5.26. The van der Waals surface area contributed by atoms with Crippen molar-refractivity contribution in [3.8, 4) is 0 Å². The number of hydrogen-bond acceptors (Lipinski definition) is 5. The predicted octanol–water partition coefficient (Wildman–Crippen LogP) is 3.50. The van der Waals surface area contributed by atoms with Gasteiger partial charge in [0, 0.05) is 11.3 Å². The summed E-state index contributed by atoms with van der Waals surface area (Å²) in [5.41, 5.74) is 15.6. The van der Waals surface area contributed by atoms with Gasteiger partial charge in [-0.3, -0.25) is 0 Å². The van der Waals surface area contributed by atoms with Crippen LogP contribution in [0.3, 0.4) is 0 Å². The Morgan fingerprint density at radius 1 is 0.500 bits per heavy atom.